The van der Waals surface area contributed by atoms with Gasteiger partial charge in [-0.3, -0.25) is 4.90 Å². The Morgan fingerprint density at radius 3 is 2.82 bits per heavy atom. The number of aromatic nitrogens is 5. The number of likely N-dealkylation sites (N-methyl/N-ethyl adjacent to an activating group) is 1. The first kappa shape index (κ1) is 10.8. The largest absolute Gasteiger partial charge is 0.306 e. The van der Waals surface area contributed by atoms with E-state index < -0.39 is 0 Å². The van der Waals surface area contributed by atoms with Crippen molar-refractivity contribution in [3.05, 3.63) is 11.6 Å². The average Bonchev–Trinajstić information content (AvgIpc) is 2.89. The van der Waals surface area contributed by atoms with Gasteiger partial charge in [-0.05, 0) is 32.4 Å². The molecule has 1 aliphatic heterocycles. The maximum Gasteiger partial charge on any atom is 0.194 e. The Morgan fingerprint density at radius 1 is 1.29 bits per heavy atom. The molecule has 2 aromatic rings. The topological polar surface area (TPSA) is 59.7 Å². The fourth-order valence-electron chi connectivity index (χ4n) is 2.04. The van der Waals surface area contributed by atoms with Gasteiger partial charge in [0.15, 0.2) is 16.7 Å². The van der Waals surface area contributed by atoms with Crippen molar-refractivity contribution in [2.45, 2.75) is 26.4 Å². The second-order valence-corrected chi connectivity index (χ2v) is 5.09. The molecule has 2 aromatic heterocycles. The Hall–Kier alpha value is -1.34. The lowest BCUT2D eigenvalue weighted by Crippen LogP contribution is -2.34. The molecule has 1 aliphatic rings. The van der Waals surface area contributed by atoms with Crippen molar-refractivity contribution in [1.82, 2.24) is 29.0 Å². The third-order valence-electron chi connectivity index (χ3n) is 3.21. The Balaban J connectivity index is 2.07. The maximum absolute atomic E-state index is 4.38. The van der Waals surface area contributed by atoms with E-state index in [0.29, 0.717) is 6.04 Å². The van der Waals surface area contributed by atoms with Crippen LogP contribution in [-0.4, -0.2) is 42.6 Å². The van der Waals surface area contributed by atoms with Crippen molar-refractivity contribution in [3.8, 4) is 10.8 Å². The zero-order valence-corrected chi connectivity index (χ0v) is 10.9. The molecule has 0 spiro atoms. The molecule has 0 saturated carbocycles. The second-order valence-electron chi connectivity index (χ2n) is 4.34. The molecule has 3 rings (SSSR count). The molecule has 0 saturated heterocycles. The summed E-state index contributed by atoms with van der Waals surface area (Å²) in [5.74, 6) is 2.66. The fraction of sp³-hybridized carbons (Fsp3) is 0.600. The van der Waals surface area contributed by atoms with E-state index in [-0.39, 0.29) is 0 Å². The van der Waals surface area contributed by atoms with Gasteiger partial charge in [-0.15, -0.1) is 10.2 Å². The molecule has 7 heteroatoms. The van der Waals surface area contributed by atoms with Crippen molar-refractivity contribution in [3.63, 3.8) is 0 Å². The lowest BCUT2D eigenvalue weighted by Gasteiger charge is -2.29. The molecular formula is C10H14N6S. The molecule has 0 bridgehead atoms. The van der Waals surface area contributed by atoms with Gasteiger partial charge >= 0.3 is 0 Å². The summed E-state index contributed by atoms with van der Waals surface area (Å²) in [4.78, 5) is 6.65. The van der Waals surface area contributed by atoms with Crippen LogP contribution in [0.1, 0.15) is 24.6 Å². The van der Waals surface area contributed by atoms with Gasteiger partial charge in [0.2, 0.25) is 0 Å². The first-order valence-corrected chi connectivity index (χ1v) is 6.38. The van der Waals surface area contributed by atoms with Crippen molar-refractivity contribution in [2.24, 2.45) is 0 Å². The minimum absolute atomic E-state index is 0.305. The number of hydrogen-bond donors (Lipinski definition) is 0. The zero-order chi connectivity index (χ0) is 12.0. The first-order valence-electron chi connectivity index (χ1n) is 5.61. The average molecular weight is 250 g/mol. The molecule has 0 amide bonds. The van der Waals surface area contributed by atoms with Crippen molar-refractivity contribution in [1.29, 1.82) is 0 Å². The van der Waals surface area contributed by atoms with Crippen molar-refractivity contribution < 1.29 is 0 Å². The van der Waals surface area contributed by atoms with Crippen LogP contribution in [0.25, 0.3) is 10.8 Å². The molecule has 90 valence electrons. The zero-order valence-electron chi connectivity index (χ0n) is 10.1. The Morgan fingerprint density at radius 2 is 2.12 bits per heavy atom. The standard InChI is InChI=1S/C10H14N6S/c1-6-8-12-13-9(10-11-7(2)14-17-10)16(8)5-4-15(6)3/h6H,4-5H2,1-3H3/t6-/m1/s1. The van der Waals surface area contributed by atoms with Crippen LogP contribution >= 0.6 is 11.5 Å². The summed E-state index contributed by atoms with van der Waals surface area (Å²) in [6, 6.07) is 0.305. The molecule has 0 aliphatic carbocycles. The molecule has 0 N–H and O–H groups in total. The van der Waals surface area contributed by atoms with Gasteiger partial charge in [-0.1, -0.05) is 0 Å². The molecule has 0 unspecified atom stereocenters. The molecule has 6 nitrogen and oxygen atoms in total. The van der Waals surface area contributed by atoms with E-state index in [1.54, 1.807) is 0 Å². The smallest absolute Gasteiger partial charge is 0.194 e. The SMILES string of the molecule is Cc1nsc(-c2nnc3n2CCN(C)[C@@H]3C)n1. The number of nitrogens with zero attached hydrogens (tertiary/aromatic N) is 6. The van der Waals surface area contributed by atoms with E-state index in [2.05, 4.69) is 43.0 Å². The Kier molecular flexibility index (Phi) is 2.44. The normalized spacial score (nSPS) is 20.5. The van der Waals surface area contributed by atoms with E-state index in [1.807, 2.05) is 6.92 Å². The van der Waals surface area contributed by atoms with E-state index in [4.69, 9.17) is 0 Å². The highest BCUT2D eigenvalue weighted by Gasteiger charge is 2.27. The minimum Gasteiger partial charge on any atom is -0.306 e. The minimum atomic E-state index is 0.305. The van der Waals surface area contributed by atoms with Crippen LogP contribution in [0.15, 0.2) is 0 Å². The number of rotatable bonds is 1. The van der Waals surface area contributed by atoms with Crippen LogP contribution in [0, 0.1) is 6.92 Å². The maximum atomic E-state index is 4.38. The van der Waals surface area contributed by atoms with Crippen LogP contribution in [0.3, 0.4) is 0 Å². The predicted molar refractivity (Wildman–Crippen MR) is 64.7 cm³/mol. The van der Waals surface area contributed by atoms with Gasteiger partial charge < -0.3 is 4.57 Å². The molecule has 0 aromatic carbocycles. The lowest BCUT2D eigenvalue weighted by molar-refractivity contribution is 0.206. The molecule has 0 fully saturated rings. The Bertz CT molecular complexity index is 545. The van der Waals surface area contributed by atoms with Crippen LogP contribution in [0.2, 0.25) is 0 Å². The summed E-state index contributed by atoms with van der Waals surface area (Å²) in [5.41, 5.74) is 0. The number of aryl methyl sites for hydroxylation is 1. The monoisotopic (exact) mass is 250 g/mol. The fourth-order valence-corrected chi connectivity index (χ4v) is 2.70. The summed E-state index contributed by atoms with van der Waals surface area (Å²) >= 11 is 1.38. The van der Waals surface area contributed by atoms with E-state index in [0.717, 1.165) is 35.6 Å². The van der Waals surface area contributed by atoms with Crippen LogP contribution in [0.5, 0.6) is 0 Å². The van der Waals surface area contributed by atoms with Gasteiger partial charge in [0.1, 0.15) is 5.82 Å². The molecule has 17 heavy (non-hydrogen) atoms. The molecule has 3 heterocycles. The van der Waals surface area contributed by atoms with E-state index in [9.17, 15) is 0 Å². The van der Waals surface area contributed by atoms with Crippen molar-refractivity contribution >= 4 is 11.5 Å². The highest BCUT2D eigenvalue weighted by molar-refractivity contribution is 7.09. The summed E-state index contributed by atoms with van der Waals surface area (Å²) in [6.45, 7) is 5.97. The summed E-state index contributed by atoms with van der Waals surface area (Å²) in [6.07, 6.45) is 0. The lowest BCUT2D eigenvalue weighted by atomic mass is 10.2. The van der Waals surface area contributed by atoms with Gasteiger partial charge in [0.25, 0.3) is 0 Å². The summed E-state index contributed by atoms with van der Waals surface area (Å²) in [5, 5.41) is 9.40. The first-order chi connectivity index (χ1) is 8.16. The summed E-state index contributed by atoms with van der Waals surface area (Å²) in [7, 11) is 2.11. The summed E-state index contributed by atoms with van der Waals surface area (Å²) < 4.78 is 6.35. The quantitative estimate of drug-likeness (QED) is 0.759. The van der Waals surface area contributed by atoms with Crippen LogP contribution in [0.4, 0.5) is 0 Å². The number of fused-ring (bicyclic) bond motifs is 1. The van der Waals surface area contributed by atoms with Crippen molar-refractivity contribution in [2.75, 3.05) is 13.6 Å². The van der Waals surface area contributed by atoms with Gasteiger partial charge in [0, 0.05) is 13.1 Å². The molecular weight excluding hydrogens is 236 g/mol. The number of hydrogen-bond acceptors (Lipinski definition) is 6. The third-order valence-corrected chi connectivity index (χ3v) is 4.01. The Labute approximate surface area is 103 Å². The van der Waals surface area contributed by atoms with E-state index in [1.165, 1.54) is 11.5 Å². The van der Waals surface area contributed by atoms with Crippen LogP contribution in [-0.2, 0) is 6.54 Å². The third kappa shape index (κ3) is 1.66. The molecule has 1 atom stereocenters. The van der Waals surface area contributed by atoms with Gasteiger partial charge in [-0.2, -0.15) is 4.37 Å². The van der Waals surface area contributed by atoms with Crippen LogP contribution < -0.4 is 0 Å². The highest BCUT2D eigenvalue weighted by Crippen LogP contribution is 2.27. The molecule has 0 radical (unpaired) electrons. The second kappa shape index (κ2) is 3.85. The predicted octanol–water partition coefficient (Wildman–Crippen LogP) is 1.11. The van der Waals surface area contributed by atoms with E-state index >= 15 is 0 Å². The highest BCUT2D eigenvalue weighted by atomic mass is 32.1. The van der Waals surface area contributed by atoms with Gasteiger partial charge in [0.05, 0.1) is 6.04 Å². The van der Waals surface area contributed by atoms with Gasteiger partial charge in [-0.25, -0.2) is 4.98 Å².